The summed E-state index contributed by atoms with van der Waals surface area (Å²) in [5.41, 5.74) is 5.04. The molecule has 1 spiro atoms. The zero-order valence-electron chi connectivity index (χ0n) is 19.2. The Morgan fingerprint density at radius 1 is 0.909 bits per heavy atom. The van der Waals surface area contributed by atoms with E-state index in [-0.39, 0.29) is 16.8 Å². The lowest BCUT2D eigenvalue weighted by Crippen LogP contribution is -2.47. The van der Waals surface area contributed by atoms with Gasteiger partial charge in [0.05, 0.1) is 5.60 Å². The lowest BCUT2D eigenvalue weighted by molar-refractivity contribution is -0.103. The number of hydrogen-bond donors (Lipinski definition) is 1. The average Bonchev–Trinajstić information content (AvgIpc) is 3.30. The van der Waals surface area contributed by atoms with Gasteiger partial charge in [-0.2, -0.15) is 0 Å². The van der Waals surface area contributed by atoms with Crippen molar-refractivity contribution < 1.29 is 9.13 Å². The Balaban J connectivity index is 1.31. The fourth-order valence-electron chi connectivity index (χ4n) is 6.01. The van der Waals surface area contributed by atoms with E-state index in [1.54, 1.807) is 12.1 Å². The van der Waals surface area contributed by atoms with Crippen molar-refractivity contribution in [2.45, 2.75) is 62.5 Å². The maximum atomic E-state index is 13.7. The average molecular weight is 445 g/mol. The van der Waals surface area contributed by atoms with Gasteiger partial charge in [-0.25, -0.2) is 4.39 Å². The van der Waals surface area contributed by atoms with Gasteiger partial charge in [-0.05, 0) is 85.2 Å². The first-order valence-electron chi connectivity index (χ1n) is 12.3. The van der Waals surface area contributed by atoms with Crippen molar-refractivity contribution in [2.24, 2.45) is 0 Å². The van der Waals surface area contributed by atoms with Crippen LogP contribution < -0.4 is 5.32 Å². The molecule has 0 bridgehead atoms. The molecular weight excluding hydrogens is 411 g/mol. The molecule has 4 heteroatoms. The molecule has 1 saturated heterocycles. The zero-order chi connectivity index (χ0) is 22.6. The highest BCUT2D eigenvalue weighted by Crippen LogP contribution is 2.50. The first kappa shape index (κ1) is 22.2. The number of hydrogen-bond acceptors (Lipinski definition) is 3. The monoisotopic (exact) mass is 444 g/mol. The summed E-state index contributed by atoms with van der Waals surface area (Å²) >= 11 is 0. The number of rotatable bonds is 7. The second-order valence-corrected chi connectivity index (χ2v) is 9.77. The van der Waals surface area contributed by atoms with Crippen LogP contribution in [0.2, 0.25) is 0 Å². The minimum atomic E-state index is -0.164. The Labute approximate surface area is 196 Å². The van der Waals surface area contributed by atoms with E-state index >= 15 is 0 Å². The number of aromatic nitrogens is 1. The smallest absolute Gasteiger partial charge is 0.123 e. The standard InChI is InChI=1S/C29H33FN2O/c30-26-9-7-25(8-10-26)28(16-20-33-29(22-28)13-3-4-14-29)15-19-32-21-24-5-1-2-6-27(24)23-11-17-31-18-12-23/h1-2,5-12,17-18,32H,3-4,13-16,19-22H2/t28-/m1/s1. The first-order chi connectivity index (χ1) is 16.2. The minimum absolute atomic E-state index is 0.0145. The van der Waals surface area contributed by atoms with Crippen LogP contribution in [0.4, 0.5) is 4.39 Å². The molecule has 1 N–H and O–H groups in total. The molecule has 1 aromatic heterocycles. The van der Waals surface area contributed by atoms with Gasteiger partial charge in [0.15, 0.2) is 0 Å². The first-order valence-corrected chi connectivity index (χ1v) is 12.3. The van der Waals surface area contributed by atoms with E-state index in [0.29, 0.717) is 0 Å². The molecule has 172 valence electrons. The summed E-state index contributed by atoms with van der Waals surface area (Å²) in [6, 6.07) is 19.9. The van der Waals surface area contributed by atoms with Gasteiger partial charge in [0, 0.05) is 31.0 Å². The molecule has 5 rings (SSSR count). The number of nitrogens with one attached hydrogen (secondary N) is 1. The Morgan fingerprint density at radius 2 is 1.67 bits per heavy atom. The Kier molecular flexibility index (Phi) is 6.57. The summed E-state index contributed by atoms with van der Waals surface area (Å²) < 4.78 is 20.1. The topological polar surface area (TPSA) is 34.2 Å². The highest BCUT2D eigenvalue weighted by Gasteiger charge is 2.47. The predicted molar refractivity (Wildman–Crippen MR) is 130 cm³/mol. The van der Waals surface area contributed by atoms with Gasteiger partial charge in [0.2, 0.25) is 0 Å². The maximum Gasteiger partial charge on any atom is 0.123 e. The fourth-order valence-corrected chi connectivity index (χ4v) is 6.01. The normalized spacial score (nSPS) is 22.0. The number of benzene rings is 2. The molecule has 2 heterocycles. The summed E-state index contributed by atoms with van der Waals surface area (Å²) in [5.74, 6) is -0.164. The molecular formula is C29H33FN2O. The third-order valence-corrected chi connectivity index (χ3v) is 7.73. The fraction of sp³-hybridized carbons (Fsp3) is 0.414. The summed E-state index contributed by atoms with van der Waals surface area (Å²) in [5, 5.41) is 3.71. The van der Waals surface area contributed by atoms with Crippen molar-refractivity contribution >= 4 is 0 Å². The van der Waals surface area contributed by atoms with Crippen LogP contribution in [0, 0.1) is 5.82 Å². The minimum Gasteiger partial charge on any atom is -0.375 e. The highest BCUT2D eigenvalue weighted by atomic mass is 19.1. The van der Waals surface area contributed by atoms with Crippen molar-refractivity contribution in [3.63, 3.8) is 0 Å². The second-order valence-electron chi connectivity index (χ2n) is 9.77. The summed E-state index contributed by atoms with van der Waals surface area (Å²) in [4.78, 5) is 4.15. The molecule has 1 atom stereocenters. The van der Waals surface area contributed by atoms with Crippen LogP contribution in [0.3, 0.4) is 0 Å². The Hall–Kier alpha value is -2.56. The van der Waals surface area contributed by atoms with Gasteiger partial charge in [-0.15, -0.1) is 0 Å². The number of halogens is 1. The van der Waals surface area contributed by atoms with E-state index in [4.69, 9.17) is 4.74 Å². The van der Waals surface area contributed by atoms with E-state index in [1.165, 1.54) is 35.1 Å². The van der Waals surface area contributed by atoms with Crippen molar-refractivity contribution in [3.8, 4) is 11.1 Å². The van der Waals surface area contributed by atoms with E-state index in [9.17, 15) is 4.39 Å². The van der Waals surface area contributed by atoms with Crippen molar-refractivity contribution in [2.75, 3.05) is 13.2 Å². The third kappa shape index (κ3) is 4.87. The van der Waals surface area contributed by atoms with Gasteiger partial charge in [0.25, 0.3) is 0 Å². The Bertz CT molecular complexity index is 1050. The summed E-state index contributed by atoms with van der Waals surface area (Å²) in [6.45, 7) is 2.53. The van der Waals surface area contributed by atoms with Gasteiger partial charge in [0.1, 0.15) is 5.82 Å². The van der Waals surface area contributed by atoms with E-state index in [0.717, 1.165) is 51.8 Å². The molecule has 2 fully saturated rings. The molecule has 3 aromatic rings. The van der Waals surface area contributed by atoms with Gasteiger partial charge in [-0.3, -0.25) is 4.98 Å². The highest BCUT2D eigenvalue weighted by molar-refractivity contribution is 5.66. The van der Waals surface area contributed by atoms with Gasteiger partial charge < -0.3 is 10.1 Å². The van der Waals surface area contributed by atoms with E-state index < -0.39 is 0 Å². The largest absolute Gasteiger partial charge is 0.375 e. The van der Waals surface area contributed by atoms with Crippen molar-refractivity contribution in [1.29, 1.82) is 0 Å². The third-order valence-electron chi connectivity index (χ3n) is 7.73. The molecule has 1 aliphatic carbocycles. The van der Waals surface area contributed by atoms with Crippen LogP contribution in [0.5, 0.6) is 0 Å². The number of nitrogens with zero attached hydrogens (tertiary/aromatic N) is 1. The molecule has 2 aromatic carbocycles. The number of ether oxygens (including phenoxy) is 1. The molecule has 0 radical (unpaired) electrons. The predicted octanol–water partition coefficient (Wildman–Crippen LogP) is 6.43. The van der Waals surface area contributed by atoms with Crippen LogP contribution in [-0.4, -0.2) is 23.7 Å². The van der Waals surface area contributed by atoms with Gasteiger partial charge in [-0.1, -0.05) is 49.2 Å². The lowest BCUT2D eigenvalue weighted by atomic mass is 9.66. The van der Waals surface area contributed by atoms with Crippen molar-refractivity contribution in [3.05, 3.63) is 90.0 Å². The summed E-state index contributed by atoms with van der Waals surface area (Å²) in [7, 11) is 0. The molecule has 1 saturated carbocycles. The van der Waals surface area contributed by atoms with E-state index in [2.05, 4.69) is 46.7 Å². The molecule has 0 amide bonds. The zero-order valence-corrected chi connectivity index (χ0v) is 19.2. The quantitative estimate of drug-likeness (QED) is 0.427. The molecule has 33 heavy (non-hydrogen) atoms. The number of pyridine rings is 1. The van der Waals surface area contributed by atoms with Crippen LogP contribution in [-0.2, 0) is 16.7 Å². The SMILES string of the molecule is Fc1ccc([C@]2(CCNCc3ccccc3-c3ccncc3)CCOC3(CCCC3)C2)cc1. The van der Waals surface area contributed by atoms with Crippen LogP contribution >= 0.6 is 0 Å². The van der Waals surface area contributed by atoms with E-state index in [1.807, 2.05) is 24.5 Å². The lowest BCUT2D eigenvalue weighted by Gasteiger charge is -2.47. The Morgan fingerprint density at radius 3 is 2.45 bits per heavy atom. The molecule has 1 aliphatic heterocycles. The van der Waals surface area contributed by atoms with Gasteiger partial charge >= 0.3 is 0 Å². The second kappa shape index (κ2) is 9.74. The summed E-state index contributed by atoms with van der Waals surface area (Å²) in [6.07, 6.45) is 11.6. The molecule has 0 unspecified atom stereocenters. The molecule has 3 nitrogen and oxygen atoms in total. The van der Waals surface area contributed by atoms with Crippen molar-refractivity contribution in [1.82, 2.24) is 10.3 Å². The molecule has 2 aliphatic rings. The van der Waals surface area contributed by atoms with Crippen LogP contribution in [0.25, 0.3) is 11.1 Å². The van der Waals surface area contributed by atoms with Crippen LogP contribution in [0.1, 0.15) is 56.1 Å². The maximum absolute atomic E-state index is 13.7. The van der Waals surface area contributed by atoms with Crippen LogP contribution in [0.15, 0.2) is 73.1 Å².